The lowest BCUT2D eigenvalue weighted by atomic mass is 10.1. The van der Waals surface area contributed by atoms with Crippen LogP contribution in [0.25, 0.3) is 11.0 Å². The van der Waals surface area contributed by atoms with E-state index in [2.05, 4.69) is 31.2 Å². The molecule has 0 saturated heterocycles. The number of benzene rings is 1. The molecule has 1 aromatic carbocycles. The van der Waals surface area contributed by atoms with Crippen LogP contribution in [0.1, 0.15) is 29.6 Å². The Hall–Kier alpha value is -1.49. The molecule has 0 saturated carbocycles. The van der Waals surface area contributed by atoms with E-state index >= 15 is 0 Å². The summed E-state index contributed by atoms with van der Waals surface area (Å²) in [5.41, 5.74) is 1.99. The van der Waals surface area contributed by atoms with Gasteiger partial charge in [-0.25, -0.2) is 0 Å². The summed E-state index contributed by atoms with van der Waals surface area (Å²) >= 11 is 3.39. The van der Waals surface area contributed by atoms with E-state index in [0.29, 0.717) is 17.6 Å². The highest BCUT2D eigenvalue weighted by Gasteiger charge is 2.10. The first kappa shape index (κ1) is 13.9. The zero-order valence-corrected chi connectivity index (χ0v) is 12.2. The summed E-state index contributed by atoms with van der Waals surface area (Å²) in [5.74, 6) is -0.0788. The van der Waals surface area contributed by atoms with Crippen LogP contribution < -0.4 is 5.32 Å². The smallest absolute Gasteiger partial charge is 0.253 e. The summed E-state index contributed by atoms with van der Waals surface area (Å²) in [6, 6.07) is 5.47. The number of amides is 1. The Morgan fingerprint density at radius 2 is 2.00 bits per heavy atom. The van der Waals surface area contributed by atoms with Crippen molar-refractivity contribution in [3.63, 3.8) is 0 Å². The van der Waals surface area contributed by atoms with Crippen LogP contribution in [-0.4, -0.2) is 27.7 Å². The molecule has 4 nitrogen and oxygen atoms in total. The van der Waals surface area contributed by atoms with E-state index in [4.69, 9.17) is 0 Å². The van der Waals surface area contributed by atoms with Crippen LogP contribution in [0.5, 0.6) is 0 Å². The summed E-state index contributed by atoms with van der Waals surface area (Å²) in [6.45, 7) is 0.697. The molecule has 5 heteroatoms. The van der Waals surface area contributed by atoms with Gasteiger partial charge in [-0.15, -0.1) is 0 Å². The maximum absolute atomic E-state index is 12.1. The predicted octanol–water partition coefficient (Wildman–Crippen LogP) is 2.92. The van der Waals surface area contributed by atoms with E-state index < -0.39 is 0 Å². The Morgan fingerprint density at radius 1 is 1.16 bits per heavy atom. The van der Waals surface area contributed by atoms with Gasteiger partial charge >= 0.3 is 0 Å². The Morgan fingerprint density at radius 3 is 2.84 bits per heavy atom. The first-order valence-electron chi connectivity index (χ1n) is 6.37. The normalized spacial score (nSPS) is 10.6. The molecule has 19 heavy (non-hydrogen) atoms. The number of carbonyl (C=O) groups is 1. The van der Waals surface area contributed by atoms with Gasteiger partial charge in [-0.1, -0.05) is 28.4 Å². The van der Waals surface area contributed by atoms with Crippen LogP contribution in [0.3, 0.4) is 0 Å². The Bertz CT molecular complexity index is 554. The van der Waals surface area contributed by atoms with Crippen molar-refractivity contribution in [3.8, 4) is 0 Å². The van der Waals surface area contributed by atoms with Crippen molar-refractivity contribution in [1.82, 2.24) is 15.3 Å². The largest absolute Gasteiger partial charge is 0.352 e. The zero-order valence-electron chi connectivity index (χ0n) is 10.6. The molecule has 1 amide bonds. The van der Waals surface area contributed by atoms with E-state index in [-0.39, 0.29) is 5.91 Å². The Labute approximate surface area is 120 Å². The third-order valence-corrected chi connectivity index (χ3v) is 3.40. The molecular formula is C14H16BrN3O. The van der Waals surface area contributed by atoms with Crippen molar-refractivity contribution in [2.75, 3.05) is 11.9 Å². The number of nitrogens with zero attached hydrogens (tertiary/aromatic N) is 2. The van der Waals surface area contributed by atoms with E-state index in [1.807, 2.05) is 12.1 Å². The molecule has 0 radical (unpaired) electrons. The monoisotopic (exact) mass is 321 g/mol. The Kier molecular flexibility index (Phi) is 5.27. The molecule has 0 aliphatic carbocycles. The van der Waals surface area contributed by atoms with Gasteiger partial charge in [-0.05, 0) is 25.0 Å². The number of unbranched alkanes of at least 4 members (excludes halogenated alkanes) is 2. The number of fused-ring (bicyclic) bond motifs is 1. The summed E-state index contributed by atoms with van der Waals surface area (Å²) < 4.78 is 0. The second-order valence-corrected chi connectivity index (χ2v) is 5.03. The number of halogens is 1. The van der Waals surface area contributed by atoms with Crippen LogP contribution in [0, 0.1) is 0 Å². The SMILES string of the molecule is O=C(NCCCCCBr)c1cccc2nccnc12. The van der Waals surface area contributed by atoms with Crippen LogP contribution in [0.15, 0.2) is 30.6 Å². The Balaban J connectivity index is 2.01. The van der Waals surface area contributed by atoms with Gasteiger partial charge in [0.2, 0.25) is 0 Å². The second-order valence-electron chi connectivity index (χ2n) is 4.24. The first-order valence-corrected chi connectivity index (χ1v) is 7.49. The highest BCUT2D eigenvalue weighted by atomic mass is 79.9. The lowest BCUT2D eigenvalue weighted by Crippen LogP contribution is -2.24. The van der Waals surface area contributed by atoms with Crippen LogP contribution in [-0.2, 0) is 0 Å². The molecule has 100 valence electrons. The molecule has 0 aliphatic heterocycles. The fourth-order valence-electron chi connectivity index (χ4n) is 1.87. The number of aromatic nitrogens is 2. The third kappa shape index (κ3) is 3.73. The van der Waals surface area contributed by atoms with Crippen molar-refractivity contribution in [2.45, 2.75) is 19.3 Å². The number of hydrogen-bond donors (Lipinski definition) is 1. The first-order chi connectivity index (χ1) is 9.33. The van der Waals surface area contributed by atoms with Crippen LogP contribution >= 0.6 is 15.9 Å². The van der Waals surface area contributed by atoms with E-state index in [1.165, 1.54) is 0 Å². The standard InChI is InChI=1S/C14H16BrN3O/c15-7-2-1-3-8-18-14(19)11-5-4-6-12-13(11)17-10-9-16-12/h4-6,9-10H,1-3,7-8H2,(H,18,19). The van der Waals surface area contributed by atoms with Crippen molar-refractivity contribution in [2.24, 2.45) is 0 Å². The maximum atomic E-state index is 12.1. The average molecular weight is 322 g/mol. The van der Waals surface area contributed by atoms with Crippen molar-refractivity contribution in [1.29, 1.82) is 0 Å². The van der Waals surface area contributed by atoms with Crippen LogP contribution in [0.4, 0.5) is 0 Å². The molecule has 0 aliphatic rings. The lowest BCUT2D eigenvalue weighted by molar-refractivity contribution is 0.0954. The molecule has 2 rings (SSSR count). The quantitative estimate of drug-likeness (QED) is 0.657. The van der Waals surface area contributed by atoms with Crippen LogP contribution in [0.2, 0.25) is 0 Å². The number of carbonyl (C=O) groups excluding carboxylic acids is 1. The molecular weight excluding hydrogens is 306 g/mol. The number of alkyl halides is 1. The molecule has 1 N–H and O–H groups in total. The van der Waals surface area contributed by atoms with E-state index in [0.717, 1.165) is 30.1 Å². The van der Waals surface area contributed by atoms with Gasteiger partial charge < -0.3 is 5.32 Å². The topological polar surface area (TPSA) is 54.9 Å². The van der Waals surface area contributed by atoms with Gasteiger partial charge in [-0.3, -0.25) is 14.8 Å². The van der Waals surface area contributed by atoms with Crippen molar-refractivity contribution < 1.29 is 4.79 Å². The number of hydrogen-bond acceptors (Lipinski definition) is 3. The fraction of sp³-hybridized carbons (Fsp3) is 0.357. The molecule has 0 spiro atoms. The highest BCUT2D eigenvalue weighted by molar-refractivity contribution is 9.09. The van der Waals surface area contributed by atoms with Gasteiger partial charge in [-0.2, -0.15) is 0 Å². The molecule has 0 bridgehead atoms. The minimum Gasteiger partial charge on any atom is -0.352 e. The van der Waals surface area contributed by atoms with Crippen molar-refractivity contribution >= 4 is 32.9 Å². The van der Waals surface area contributed by atoms with Gasteiger partial charge in [0, 0.05) is 24.3 Å². The van der Waals surface area contributed by atoms with Gasteiger partial charge in [0.15, 0.2) is 0 Å². The average Bonchev–Trinajstić information content (AvgIpc) is 2.46. The molecule has 0 atom stereocenters. The summed E-state index contributed by atoms with van der Waals surface area (Å²) in [7, 11) is 0. The van der Waals surface area contributed by atoms with Gasteiger partial charge in [0.05, 0.1) is 11.1 Å². The highest BCUT2D eigenvalue weighted by Crippen LogP contribution is 2.13. The molecule has 0 unspecified atom stereocenters. The van der Waals surface area contributed by atoms with E-state index in [1.54, 1.807) is 18.5 Å². The maximum Gasteiger partial charge on any atom is 0.253 e. The minimum atomic E-state index is -0.0788. The summed E-state index contributed by atoms with van der Waals surface area (Å²) in [5, 5.41) is 3.94. The molecule has 2 aromatic rings. The summed E-state index contributed by atoms with van der Waals surface area (Å²) in [4.78, 5) is 20.5. The minimum absolute atomic E-state index is 0.0788. The number of para-hydroxylation sites is 1. The number of rotatable bonds is 6. The van der Waals surface area contributed by atoms with Gasteiger partial charge in [0.1, 0.15) is 5.52 Å². The molecule has 1 aromatic heterocycles. The van der Waals surface area contributed by atoms with E-state index in [9.17, 15) is 4.79 Å². The molecule has 0 fully saturated rings. The van der Waals surface area contributed by atoms with Crippen molar-refractivity contribution in [3.05, 3.63) is 36.2 Å². The summed E-state index contributed by atoms with van der Waals surface area (Å²) in [6.07, 6.45) is 6.48. The third-order valence-electron chi connectivity index (χ3n) is 2.84. The second kappa shape index (κ2) is 7.19. The predicted molar refractivity (Wildman–Crippen MR) is 79.5 cm³/mol. The zero-order chi connectivity index (χ0) is 13.5. The van der Waals surface area contributed by atoms with Gasteiger partial charge in [0.25, 0.3) is 5.91 Å². The molecule has 1 heterocycles. The fourth-order valence-corrected chi connectivity index (χ4v) is 2.27. The lowest BCUT2D eigenvalue weighted by Gasteiger charge is -2.06. The number of nitrogens with one attached hydrogen (secondary N) is 1.